The van der Waals surface area contributed by atoms with E-state index in [0.29, 0.717) is 11.1 Å². The number of hydrogen-bond acceptors (Lipinski definition) is 3. The second-order valence-corrected chi connectivity index (χ2v) is 2.73. The number of carboxylic acids is 1. The second kappa shape index (κ2) is 3.79. The van der Waals surface area contributed by atoms with Gasteiger partial charge in [0.1, 0.15) is 11.3 Å². The van der Waals surface area contributed by atoms with E-state index in [9.17, 15) is 4.79 Å². The van der Waals surface area contributed by atoms with Crippen molar-refractivity contribution in [2.45, 2.75) is 6.92 Å². The zero-order chi connectivity index (χ0) is 10.7. The van der Waals surface area contributed by atoms with Gasteiger partial charge in [0.2, 0.25) is 0 Å². The van der Waals surface area contributed by atoms with Crippen molar-refractivity contribution in [1.82, 2.24) is 0 Å². The molecule has 0 saturated heterocycles. The molecule has 0 aromatic heterocycles. The van der Waals surface area contributed by atoms with E-state index in [1.54, 1.807) is 13.0 Å². The van der Waals surface area contributed by atoms with Crippen molar-refractivity contribution in [3.63, 3.8) is 0 Å². The number of rotatable bonds is 2. The van der Waals surface area contributed by atoms with Gasteiger partial charge in [0, 0.05) is 0 Å². The van der Waals surface area contributed by atoms with Gasteiger partial charge in [-0.1, -0.05) is 0 Å². The average molecular weight is 191 g/mol. The van der Waals surface area contributed by atoms with E-state index in [-0.39, 0.29) is 11.3 Å². The first-order valence-corrected chi connectivity index (χ1v) is 3.92. The molecule has 0 fully saturated rings. The number of nitriles is 1. The molecule has 14 heavy (non-hydrogen) atoms. The molecule has 1 N–H and O–H groups in total. The first-order valence-electron chi connectivity index (χ1n) is 3.92. The zero-order valence-corrected chi connectivity index (χ0v) is 7.87. The number of aromatic carboxylic acids is 1. The largest absolute Gasteiger partial charge is 0.496 e. The summed E-state index contributed by atoms with van der Waals surface area (Å²) in [6, 6.07) is 4.95. The standard InChI is InChI=1S/C10H9NO3/c1-6-7(5-11)3-4-8(14-2)9(6)10(12)13/h3-4H,1-2H3,(H,12,13). The topological polar surface area (TPSA) is 70.3 Å². The summed E-state index contributed by atoms with van der Waals surface area (Å²) in [6.45, 7) is 1.59. The number of benzene rings is 1. The SMILES string of the molecule is COc1ccc(C#N)c(C)c1C(=O)O. The lowest BCUT2D eigenvalue weighted by Crippen LogP contribution is -2.04. The lowest BCUT2D eigenvalue weighted by Gasteiger charge is -2.08. The molecule has 0 heterocycles. The molecule has 0 atom stereocenters. The van der Waals surface area contributed by atoms with Crippen LogP contribution in [-0.2, 0) is 0 Å². The van der Waals surface area contributed by atoms with Crippen LogP contribution in [-0.4, -0.2) is 18.2 Å². The first-order chi connectivity index (χ1) is 6.61. The van der Waals surface area contributed by atoms with Gasteiger partial charge < -0.3 is 9.84 Å². The number of carboxylic acid groups (broad SMARTS) is 1. The predicted octanol–water partition coefficient (Wildman–Crippen LogP) is 1.57. The number of carbonyl (C=O) groups is 1. The Kier molecular flexibility index (Phi) is 2.73. The molecule has 72 valence electrons. The normalized spacial score (nSPS) is 9.21. The number of hydrogen-bond donors (Lipinski definition) is 1. The van der Waals surface area contributed by atoms with Gasteiger partial charge in [-0.3, -0.25) is 0 Å². The lowest BCUT2D eigenvalue weighted by molar-refractivity contribution is 0.0692. The molecule has 0 amide bonds. The van der Waals surface area contributed by atoms with Gasteiger partial charge in [0.25, 0.3) is 0 Å². The van der Waals surface area contributed by atoms with Crippen LogP contribution >= 0.6 is 0 Å². The fourth-order valence-corrected chi connectivity index (χ4v) is 1.24. The lowest BCUT2D eigenvalue weighted by atomic mass is 10.0. The van der Waals surface area contributed by atoms with Gasteiger partial charge in [-0.25, -0.2) is 4.79 Å². The molecule has 4 heteroatoms. The fourth-order valence-electron chi connectivity index (χ4n) is 1.24. The van der Waals surface area contributed by atoms with Crippen LogP contribution in [0.4, 0.5) is 0 Å². The van der Waals surface area contributed by atoms with E-state index in [0.717, 1.165) is 0 Å². The molecule has 1 aromatic rings. The van der Waals surface area contributed by atoms with E-state index in [1.807, 2.05) is 6.07 Å². The minimum atomic E-state index is -1.09. The Labute approximate surface area is 81.4 Å². The van der Waals surface area contributed by atoms with Crippen molar-refractivity contribution in [2.75, 3.05) is 7.11 Å². The number of nitrogens with zero attached hydrogens (tertiary/aromatic N) is 1. The smallest absolute Gasteiger partial charge is 0.339 e. The molecule has 0 bridgehead atoms. The highest BCUT2D eigenvalue weighted by Gasteiger charge is 2.16. The van der Waals surface area contributed by atoms with Gasteiger partial charge in [-0.15, -0.1) is 0 Å². The maximum absolute atomic E-state index is 10.9. The zero-order valence-electron chi connectivity index (χ0n) is 7.87. The predicted molar refractivity (Wildman–Crippen MR) is 49.4 cm³/mol. The van der Waals surface area contributed by atoms with Crippen LogP contribution in [0.1, 0.15) is 21.5 Å². The third-order valence-electron chi connectivity index (χ3n) is 1.98. The summed E-state index contributed by atoms with van der Waals surface area (Å²) >= 11 is 0. The van der Waals surface area contributed by atoms with Crippen LogP contribution in [0.15, 0.2) is 12.1 Å². The fraction of sp³-hybridized carbons (Fsp3) is 0.200. The third kappa shape index (κ3) is 1.52. The third-order valence-corrected chi connectivity index (χ3v) is 1.98. The molecule has 0 saturated carbocycles. The van der Waals surface area contributed by atoms with Crippen molar-refractivity contribution >= 4 is 5.97 Å². The number of ether oxygens (including phenoxy) is 1. The Bertz CT molecular complexity index is 418. The van der Waals surface area contributed by atoms with Gasteiger partial charge in [0.15, 0.2) is 0 Å². The van der Waals surface area contributed by atoms with E-state index in [4.69, 9.17) is 15.1 Å². The molecular formula is C10H9NO3. The summed E-state index contributed by atoms with van der Waals surface area (Å²) in [5.41, 5.74) is 0.828. The van der Waals surface area contributed by atoms with E-state index in [2.05, 4.69) is 0 Å². The molecule has 0 spiro atoms. The Morgan fingerprint density at radius 1 is 1.57 bits per heavy atom. The highest BCUT2D eigenvalue weighted by atomic mass is 16.5. The summed E-state index contributed by atoms with van der Waals surface area (Å²) in [5.74, 6) is -0.814. The van der Waals surface area contributed by atoms with Crippen molar-refractivity contribution in [1.29, 1.82) is 5.26 Å². The molecule has 1 rings (SSSR count). The van der Waals surface area contributed by atoms with E-state index < -0.39 is 5.97 Å². The van der Waals surface area contributed by atoms with Crippen molar-refractivity contribution in [2.24, 2.45) is 0 Å². The summed E-state index contributed by atoms with van der Waals surface area (Å²) in [6.07, 6.45) is 0. The van der Waals surface area contributed by atoms with Crippen LogP contribution in [0.5, 0.6) is 5.75 Å². The minimum absolute atomic E-state index is 0.0477. The maximum Gasteiger partial charge on any atom is 0.339 e. The maximum atomic E-state index is 10.9. The molecule has 1 aromatic carbocycles. The Morgan fingerprint density at radius 2 is 2.21 bits per heavy atom. The van der Waals surface area contributed by atoms with Gasteiger partial charge in [-0.05, 0) is 24.6 Å². The van der Waals surface area contributed by atoms with Crippen LogP contribution < -0.4 is 4.74 Å². The summed E-state index contributed by atoms with van der Waals surface area (Å²) in [4.78, 5) is 10.9. The monoisotopic (exact) mass is 191 g/mol. The molecule has 0 aliphatic rings. The molecule has 0 aliphatic carbocycles. The molecule has 0 aliphatic heterocycles. The van der Waals surface area contributed by atoms with Gasteiger partial charge in [-0.2, -0.15) is 5.26 Å². The average Bonchev–Trinajstić information content (AvgIpc) is 2.16. The Hall–Kier alpha value is -2.02. The van der Waals surface area contributed by atoms with Gasteiger partial charge >= 0.3 is 5.97 Å². The van der Waals surface area contributed by atoms with Crippen LogP contribution in [0.25, 0.3) is 0 Å². The van der Waals surface area contributed by atoms with Gasteiger partial charge in [0.05, 0.1) is 18.7 Å². The van der Waals surface area contributed by atoms with Crippen LogP contribution in [0, 0.1) is 18.3 Å². The molecule has 0 radical (unpaired) electrons. The summed E-state index contributed by atoms with van der Waals surface area (Å²) in [5, 5.41) is 17.6. The number of methoxy groups -OCH3 is 1. The van der Waals surface area contributed by atoms with E-state index in [1.165, 1.54) is 13.2 Å². The highest BCUT2D eigenvalue weighted by Crippen LogP contribution is 2.24. The molecule has 4 nitrogen and oxygen atoms in total. The summed E-state index contributed by atoms with van der Waals surface area (Å²) in [7, 11) is 1.40. The van der Waals surface area contributed by atoms with Crippen molar-refractivity contribution in [3.05, 3.63) is 28.8 Å². The van der Waals surface area contributed by atoms with Crippen LogP contribution in [0.2, 0.25) is 0 Å². The first kappa shape index (κ1) is 10.1. The second-order valence-electron chi connectivity index (χ2n) is 2.73. The van der Waals surface area contributed by atoms with Crippen molar-refractivity contribution < 1.29 is 14.6 Å². The van der Waals surface area contributed by atoms with Crippen LogP contribution in [0.3, 0.4) is 0 Å². The minimum Gasteiger partial charge on any atom is -0.496 e. The molecular weight excluding hydrogens is 182 g/mol. The summed E-state index contributed by atoms with van der Waals surface area (Å²) < 4.78 is 4.90. The Balaban J connectivity index is 3.49. The Morgan fingerprint density at radius 3 is 2.64 bits per heavy atom. The van der Waals surface area contributed by atoms with E-state index >= 15 is 0 Å². The molecule has 0 unspecified atom stereocenters. The highest BCUT2D eigenvalue weighted by molar-refractivity contribution is 5.93. The quantitative estimate of drug-likeness (QED) is 0.770. The van der Waals surface area contributed by atoms with Crippen molar-refractivity contribution in [3.8, 4) is 11.8 Å².